The third-order valence-electron chi connectivity index (χ3n) is 5.06. The number of rotatable bonds is 7. The number of carbonyl (C=O) groups excluding carboxylic acids is 1. The average Bonchev–Trinajstić information content (AvgIpc) is 2.55. The van der Waals surface area contributed by atoms with Crippen LogP contribution in [0.5, 0.6) is 0 Å². The lowest BCUT2D eigenvalue weighted by Gasteiger charge is -2.34. The van der Waals surface area contributed by atoms with Crippen molar-refractivity contribution in [1.82, 2.24) is 4.90 Å². The number of carbonyl (C=O) groups is 1. The molecule has 0 spiro atoms. The van der Waals surface area contributed by atoms with Crippen molar-refractivity contribution in [2.45, 2.75) is 50.8 Å². The predicted octanol–water partition coefficient (Wildman–Crippen LogP) is 0.364. The Morgan fingerprint density at radius 1 is 1.42 bits per heavy atom. The Morgan fingerprint density at radius 2 is 2.12 bits per heavy atom. The van der Waals surface area contributed by atoms with E-state index in [4.69, 9.17) is 9.47 Å². The van der Waals surface area contributed by atoms with Gasteiger partial charge in [0.15, 0.2) is 0 Å². The van der Waals surface area contributed by atoms with E-state index in [1.54, 1.807) is 7.05 Å². The zero-order chi connectivity index (χ0) is 17.6. The number of likely N-dealkylation sites (tertiary alicyclic amines) is 1. The normalized spacial score (nSPS) is 26.0. The molecule has 1 radical (unpaired) electrons. The molecular weight excluding hydrogens is 307 g/mol. The second kappa shape index (κ2) is 9.18. The second-order valence-corrected chi connectivity index (χ2v) is 7.85. The van der Waals surface area contributed by atoms with Crippen molar-refractivity contribution in [2.24, 2.45) is 5.92 Å². The van der Waals surface area contributed by atoms with Gasteiger partial charge in [0.2, 0.25) is 5.91 Å². The zero-order valence-corrected chi connectivity index (χ0v) is 15.4. The Kier molecular flexibility index (Phi) is 7.53. The number of piperidine rings is 1. The summed E-state index contributed by atoms with van der Waals surface area (Å²) in [5.41, 5.74) is -0.0704. The van der Waals surface area contributed by atoms with Crippen LogP contribution in [0.15, 0.2) is 0 Å². The van der Waals surface area contributed by atoms with Crippen LogP contribution in [0.1, 0.15) is 33.1 Å². The number of nitrogens with one attached hydrogen (secondary N) is 1. The molecule has 24 heavy (non-hydrogen) atoms. The van der Waals surface area contributed by atoms with E-state index in [0.29, 0.717) is 25.7 Å². The first-order valence-electron chi connectivity index (χ1n) is 9.18. The van der Waals surface area contributed by atoms with Crippen LogP contribution in [0.2, 0.25) is 12.1 Å². The van der Waals surface area contributed by atoms with Gasteiger partial charge in [0.1, 0.15) is 13.9 Å². The number of amides is 1. The highest BCUT2D eigenvalue weighted by Crippen LogP contribution is 2.26. The smallest absolute Gasteiger partial charge is 0.248 e. The monoisotopic (exact) mass is 339 g/mol. The van der Waals surface area contributed by atoms with Gasteiger partial charge < -0.3 is 24.6 Å². The Morgan fingerprint density at radius 3 is 2.71 bits per heavy atom. The van der Waals surface area contributed by atoms with E-state index < -0.39 is 0 Å². The Bertz CT molecular complexity index is 388. The van der Waals surface area contributed by atoms with E-state index >= 15 is 0 Å². The molecule has 1 N–H and O–H groups in total. The third kappa shape index (κ3) is 6.71. The quantitative estimate of drug-likeness (QED) is 0.537. The fraction of sp³-hybridized carbons (Fsp3) is 0.941. The van der Waals surface area contributed by atoms with Crippen molar-refractivity contribution < 1.29 is 19.3 Å². The molecule has 2 rings (SSSR count). The maximum Gasteiger partial charge on any atom is 0.248 e. The van der Waals surface area contributed by atoms with E-state index in [9.17, 15) is 10.0 Å². The van der Waals surface area contributed by atoms with Crippen LogP contribution in [0.25, 0.3) is 0 Å². The molecule has 2 aliphatic rings. The first-order valence-corrected chi connectivity index (χ1v) is 9.18. The molecule has 2 heterocycles. The molecule has 137 valence electrons. The van der Waals surface area contributed by atoms with Crippen molar-refractivity contribution in [3.05, 3.63) is 5.21 Å². The van der Waals surface area contributed by atoms with Crippen LogP contribution in [0.3, 0.4) is 0 Å². The van der Waals surface area contributed by atoms with Gasteiger partial charge in [0, 0.05) is 26.3 Å². The van der Waals surface area contributed by atoms with Crippen molar-refractivity contribution >= 4 is 13.2 Å². The van der Waals surface area contributed by atoms with Crippen LogP contribution in [0.4, 0.5) is 0 Å². The number of quaternary nitrogens is 1. The maximum absolute atomic E-state index is 12.2. The minimum absolute atomic E-state index is 0.0704. The molecule has 0 bridgehead atoms. The summed E-state index contributed by atoms with van der Waals surface area (Å²) >= 11 is 0. The minimum atomic E-state index is -0.0704. The third-order valence-corrected chi connectivity index (χ3v) is 5.06. The zero-order valence-electron chi connectivity index (χ0n) is 15.4. The summed E-state index contributed by atoms with van der Waals surface area (Å²) in [6, 6.07) is 0. The lowest BCUT2D eigenvalue weighted by molar-refractivity contribution is -0.826. The first kappa shape index (κ1) is 19.7. The fourth-order valence-corrected chi connectivity index (χ4v) is 3.29. The van der Waals surface area contributed by atoms with Crippen molar-refractivity contribution in [3.8, 4) is 0 Å². The molecule has 0 saturated carbocycles. The molecule has 0 aromatic heterocycles. The molecule has 0 aliphatic carbocycles. The van der Waals surface area contributed by atoms with Gasteiger partial charge in [-0.1, -0.05) is 6.32 Å². The Balaban J connectivity index is 1.57. The summed E-state index contributed by atoms with van der Waals surface area (Å²) < 4.78 is 11.4. The molecule has 2 saturated heterocycles. The highest BCUT2D eigenvalue weighted by molar-refractivity contribution is 6.38. The van der Waals surface area contributed by atoms with Crippen LogP contribution >= 0.6 is 0 Å². The highest BCUT2D eigenvalue weighted by Gasteiger charge is 2.29. The SMILES string of the molecule is C[NH+]([O-])CCC1CCN(C(=O)COC[C@H]2[B]CC(C)(C)OC2)CC1. The number of hydrogen-bond acceptors (Lipinski definition) is 4. The van der Waals surface area contributed by atoms with Crippen molar-refractivity contribution in [1.29, 1.82) is 0 Å². The number of hydroxylamine groups is 2. The molecule has 7 heteroatoms. The van der Waals surface area contributed by atoms with Gasteiger partial charge in [-0.3, -0.25) is 4.79 Å². The summed E-state index contributed by atoms with van der Waals surface area (Å²) in [5.74, 6) is 0.941. The molecule has 2 atom stereocenters. The van der Waals surface area contributed by atoms with Gasteiger partial charge in [-0.25, -0.2) is 0 Å². The summed E-state index contributed by atoms with van der Waals surface area (Å²) in [4.78, 5) is 14.1. The topological polar surface area (TPSA) is 66.3 Å². The number of ether oxygens (including phenoxy) is 2. The van der Waals surface area contributed by atoms with E-state index in [-0.39, 0.29) is 29.0 Å². The Hall–Kier alpha value is -0.625. The molecule has 6 nitrogen and oxygen atoms in total. The maximum atomic E-state index is 12.2. The van der Waals surface area contributed by atoms with Crippen LogP contribution in [-0.4, -0.2) is 70.2 Å². The molecule has 0 aromatic rings. The first-order chi connectivity index (χ1) is 11.4. The van der Waals surface area contributed by atoms with Crippen LogP contribution in [0, 0.1) is 11.1 Å². The average molecular weight is 339 g/mol. The fourth-order valence-electron chi connectivity index (χ4n) is 3.29. The van der Waals surface area contributed by atoms with Crippen molar-refractivity contribution in [3.63, 3.8) is 0 Å². The molecule has 2 aliphatic heterocycles. The van der Waals surface area contributed by atoms with Gasteiger partial charge in [0.25, 0.3) is 0 Å². The van der Waals surface area contributed by atoms with E-state index in [1.165, 1.54) is 0 Å². The lowest BCUT2D eigenvalue weighted by Crippen LogP contribution is -3.03. The van der Waals surface area contributed by atoms with E-state index in [2.05, 4.69) is 21.1 Å². The second-order valence-electron chi connectivity index (χ2n) is 7.85. The largest absolute Gasteiger partial charge is 0.634 e. The minimum Gasteiger partial charge on any atom is -0.634 e. The van der Waals surface area contributed by atoms with E-state index in [0.717, 1.165) is 38.7 Å². The predicted molar refractivity (Wildman–Crippen MR) is 94.2 cm³/mol. The molecule has 1 unspecified atom stereocenters. The summed E-state index contributed by atoms with van der Waals surface area (Å²) in [6.45, 7) is 7.80. The van der Waals surface area contributed by atoms with Gasteiger partial charge in [-0.15, -0.1) is 0 Å². The molecular formula is C17H32BN2O4. The lowest BCUT2D eigenvalue weighted by atomic mass is 9.57. The number of hydrogen-bond donors (Lipinski definition) is 1. The highest BCUT2D eigenvalue weighted by atomic mass is 16.5. The van der Waals surface area contributed by atoms with Gasteiger partial charge in [-0.05, 0) is 44.8 Å². The summed E-state index contributed by atoms with van der Waals surface area (Å²) in [5, 5.41) is 11.3. The molecule has 0 aromatic carbocycles. The summed E-state index contributed by atoms with van der Waals surface area (Å²) in [6.07, 6.45) is 3.88. The van der Waals surface area contributed by atoms with Crippen LogP contribution < -0.4 is 5.06 Å². The van der Waals surface area contributed by atoms with Crippen molar-refractivity contribution in [2.75, 3.05) is 46.5 Å². The van der Waals surface area contributed by atoms with Crippen LogP contribution in [-0.2, 0) is 14.3 Å². The summed E-state index contributed by atoms with van der Waals surface area (Å²) in [7, 11) is 3.89. The number of nitrogens with zero attached hydrogens (tertiary/aromatic N) is 1. The standard InChI is InChI=1S/C17H32BN2O4/c1-17(2)13-18-15(11-24-17)10-23-12-16(21)20-8-5-14(6-9-20)4-7-19(3)22/h14-15,19H,4-13H2,1-3H3/t15-/m1/s1. The van der Waals surface area contributed by atoms with Gasteiger partial charge >= 0.3 is 0 Å². The molecule has 1 amide bonds. The van der Waals surface area contributed by atoms with Gasteiger partial charge in [0.05, 0.1) is 19.2 Å². The van der Waals surface area contributed by atoms with E-state index in [1.807, 2.05) is 4.90 Å². The molecule has 2 fully saturated rings. The van der Waals surface area contributed by atoms with Gasteiger partial charge in [-0.2, -0.15) is 0 Å². The Labute approximate surface area is 146 Å².